The Kier molecular flexibility index (Phi) is 3.84. The van der Waals surface area contributed by atoms with Gasteiger partial charge in [-0.15, -0.1) is 0 Å². The zero-order valence-corrected chi connectivity index (χ0v) is 13.1. The van der Waals surface area contributed by atoms with Crippen LogP contribution in [-0.4, -0.2) is 54.0 Å². The van der Waals surface area contributed by atoms with Crippen LogP contribution in [0.15, 0.2) is 28.7 Å². The third kappa shape index (κ3) is 3.22. The molecule has 1 aliphatic heterocycles. The van der Waals surface area contributed by atoms with Crippen molar-refractivity contribution in [3.05, 3.63) is 34.3 Å². The average Bonchev–Trinajstić information content (AvgIpc) is 3.16. The number of benzene rings is 1. The number of hydrogen-bond acceptors (Lipinski definition) is 3. The number of piperazine rings is 1. The minimum absolute atomic E-state index is 0.0659. The van der Waals surface area contributed by atoms with Gasteiger partial charge in [0.25, 0.3) is 5.91 Å². The van der Waals surface area contributed by atoms with Gasteiger partial charge in [-0.2, -0.15) is 0 Å². The quantitative estimate of drug-likeness (QED) is 0.913. The predicted octanol–water partition coefficient (Wildman–Crippen LogP) is 1.70. The molecule has 108 valence electrons. The Morgan fingerprint density at radius 1 is 1.25 bits per heavy atom. The van der Waals surface area contributed by atoms with Gasteiger partial charge < -0.3 is 10.6 Å². The summed E-state index contributed by atoms with van der Waals surface area (Å²) in [6, 6.07) is 7.59. The van der Waals surface area contributed by atoms with E-state index < -0.39 is 0 Å². The third-order valence-corrected chi connectivity index (χ3v) is 4.66. The first-order valence-electron chi connectivity index (χ1n) is 7.12. The van der Waals surface area contributed by atoms with E-state index in [1.54, 1.807) is 0 Å². The van der Waals surface area contributed by atoms with Gasteiger partial charge >= 0.3 is 0 Å². The molecule has 2 aliphatic rings. The Morgan fingerprint density at radius 2 is 1.95 bits per heavy atom. The number of halogens is 1. The van der Waals surface area contributed by atoms with Crippen molar-refractivity contribution in [1.82, 2.24) is 9.80 Å². The highest BCUT2D eigenvalue weighted by atomic mass is 79.9. The number of carbonyl (C=O) groups is 1. The van der Waals surface area contributed by atoms with Crippen molar-refractivity contribution in [2.24, 2.45) is 5.73 Å². The summed E-state index contributed by atoms with van der Waals surface area (Å²) in [5, 5.41) is 0. The molecule has 1 amide bonds. The normalized spacial score (nSPS) is 21.8. The van der Waals surface area contributed by atoms with Crippen LogP contribution in [0.4, 0.5) is 0 Å². The van der Waals surface area contributed by atoms with Crippen LogP contribution >= 0.6 is 15.9 Å². The average molecular weight is 338 g/mol. The summed E-state index contributed by atoms with van der Waals surface area (Å²) in [7, 11) is 0. The van der Waals surface area contributed by atoms with Crippen LogP contribution in [0.1, 0.15) is 23.2 Å². The summed E-state index contributed by atoms with van der Waals surface area (Å²) in [5.74, 6) is 0.125. The lowest BCUT2D eigenvalue weighted by Crippen LogP contribution is -2.52. The van der Waals surface area contributed by atoms with Crippen LogP contribution in [0.5, 0.6) is 0 Å². The lowest BCUT2D eigenvalue weighted by atomic mass is 10.1. The molecular formula is C15H20BrN3O. The fraction of sp³-hybridized carbons (Fsp3) is 0.533. The van der Waals surface area contributed by atoms with E-state index in [2.05, 4.69) is 20.8 Å². The van der Waals surface area contributed by atoms with Crippen molar-refractivity contribution in [2.45, 2.75) is 18.4 Å². The maximum Gasteiger partial charge on any atom is 0.253 e. The number of nitrogens with zero attached hydrogens (tertiary/aromatic N) is 2. The minimum atomic E-state index is 0.0659. The van der Waals surface area contributed by atoms with Gasteiger partial charge in [0.2, 0.25) is 0 Å². The third-order valence-electron chi connectivity index (χ3n) is 4.16. The lowest BCUT2D eigenvalue weighted by Gasteiger charge is -2.36. The lowest BCUT2D eigenvalue weighted by molar-refractivity contribution is 0.0627. The smallest absolute Gasteiger partial charge is 0.253 e. The van der Waals surface area contributed by atoms with Crippen molar-refractivity contribution in [3.63, 3.8) is 0 Å². The number of hydrogen-bond donors (Lipinski definition) is 1. The number of rotatable bonds is 3. The Hall–Kier alpha value is -0.910. The van der Waals surface area contributed by atoms with Gasteiger partial charge in [0.05, 0.1) is 0 Å². The van der Waals surface area contributed by atoms with E-state index in [1.165, 1.54) is 0 Å². The maximum atomic E-state index is 12.4. The molecule has 1 aromatic carbocycles. The predicted molar refractivity (Wildman–Crippen MR) is 82.6 cm³/mol. The van der Waals surface area contributed by atoms with Crippen LogP contribution in [0.2, 0.25) is 0 Å². The SMILES string of the molecule is NC1(CN2CCN(C(=O)c3cccc(Br)c3)CC2)CC1. The van der Waals surface area contributed by atoms with Gasteiger partial charge in [0.1, 0.15) is 0 Å². The zero-order chi connectivity index (χ0) is 14.2. The second kappa shape index (κ2) is 5.47. The van der Waals surface area contributed by atoms with E-state index in [0.717, 1.165) is 55.6 Å². The highest BCUT2D eigenvalue weighted by Gasteiger charge is 2.40. The minimum Gasteiger partial charge on any atom is -0.336 e. The Bertz CT molecular complexity index is 508. The first-order chi connectivity index (χ1) is 9.56. The van der Waals surface area contributed by atoms with E-state index in [1.807, 2.05) is 29.2 Å². The summed E-state index contributed by atoms with van der Waals surface area (Å²) in [5.41, 5.74) is 6.97. The number of nitrogens with two attached hydrogens (primary N) is 1. The van der Waals surface area contributed by atoms with Gasteiger partial charge in [-0.3, -0.25) is 9.69 Å². The van der Waals surface area contributed by atoms with Crippen molar-refractivity contribution in [3.8, 4) is 0 Å². The van der Waals surface area contributed by atoms with Crippen molar-refractivity contribution in [2.75, 3.05) is 32.7 Å². The first-order valence-corrected chi connectivity index (χ1v) is 7.91. The van der Waals surface area contributed by atoms with Gasteiger partial charge in [-0.25, -0.2) is 0 Å². The van der Waals surface area contributed by atoms with Crippen molar-refractivity contribution >= 4 is 21.8 Å². The van der Waals surface area contributed by atoms with Crippen LogP contribution in [-0.2, 0) is 0 Å². The van der Waals surface area contributed by atoms with Crippen LogP contribution in [0, 0.1) is 0 Å². The highest BCUT2D eigenvalue weighted by molar-refractivity contribution is 9.10. The second-order valence-electron chi connectivity index (χ2n) is 5.94. The Morgan fingerprint density at radius 3 is 2.55 bits per heavy atom. The summed E-state index contributed by atoms with van der Waals surface area (Å²) in [6.45, 7) is 4.42. The molecule has 2 fully saturated rings. The standard InChI is InChI=1S/C15H20BrN3O/c16-13-3-1-2-12(10-13)14(20)19-8-6-18(7-9-19)11-15(17)4-5-15/h1-3,10H,4-9,11,17H2. The zero-order valence-electron chi connectivity index (χ0n) is 11.5. The molecule has 1 saturated heterocycles. The van der Waals surface area contributed by atoms with Crippen LogP contribution < -0.4 is 5.73 Å². The van der Waals surface area contributed by atoms with E-state index in [-0.39, 0.29) is 11.4 Å². The molecule has 0 bridgehead atoms. The molecule has 0 atom stereocenters. The molecule has 5 heteroatoms. The number of carbonyl (C=O) groups excluding carboxylic acids is 1. The van der Waals surface area contributed by atoms with Crippen molar-refractivity contribution < 1.29 is 4.79 Å². The highest BCUT2D eigenvalue weighted by Crippen LogP contribution is 2.33. The largest absolute Gasteiger partial charge is 0.336 e. The molecule has 1 aliphatic carbocycles. The molecule has 2 N–H and O–H groups in total. The molecular weight excluding hydrogens is 318 g/mol. The van der Waals surface area contributed by atoms with E-state index in [9.17, 15) is 4.79 Å². The molecule has 1 saturated carbocycles. The molecule has 1 heterocycles. The number of amides is 1. The summed E-state index contributed by atoms with van der Waals surface area (Å²) in [4.78, 5) is 16.7. The molecule has 0 spiro atoms. The van der Waals surface area contributed by atoms with Crippen LogP contribution in [0.25, 0.3) is 0 Å². The fourth-order valence-corrected chi connectivity index (χ4v) is 3.08. The second-order valence-corrected chi connectivity index (χ2v) is 6.86. The Labute approximate surface area is 128 Å². The maximum absolute atomic E-state index is 12.4. The summed E-state index contributed by atoms with van der Waals surface area (Å²) in [6.07, 6.45) is 2.29. The van der Waals surface area contributed by atoms with Gasteiger partial charge in [-0.1, -0.05) is 22.0 Å². The van der Waals surface area contributed by atoms with Gasteiger partial charge in [0.15, 0.2) is 0 Å². The topological polar surface area (TPSA) is 49.6 Å². The van der Waals surface area contributed by atoms with Crippen LogP contribution in [0.3, 0.4) is 0 Å². The fourth-order valence-electron chi connectivity index (χ4n) is 2.68. The molecule has 0 aromatic heterocycles. The van der Waals surface area contributed by atoms with E-state index in [4.69, 9.17) is 5.73 Å². The Balaban J connectivity index is 1.56. The molecule has 0 unspecified atom stereocenters. The first kappa shape index (κ1) is 14.0. The molecule has 0 radical (unpaired) electrons. The van der Waals surface area contributed by atoms with Gasteiger partial charge in [0, 0.05) is 48.3 Å². The van der Waals surface area contributed by atoms with Gasteiger partial charge in [-0.05, 0) is 31.0 Å². The molecule has 20 heavy (non-hydrogen) atoms. The summed E-state index contributed by atoms with van der Waals surface area (Å²) >= 11 is 3.41. The monoisotopic (exact) mass is 337 g/mol. The molecule has 1 aromatic rings. The van der Waals surface area contributed by atoms with E-state index >= 15 is 0 Å². The van der Waals surface area contributed by atoms with Crippen molar-refractivity contribution in [1.29, 1.82) is 0 Å². The summed E-state index contributed by atoms with van der Waals surface area (Å²) < 4.78 is 0.945. The van der Waals surface area contributed by atoms with E-state index in [0.29, 0.717) is 0 Å². The molecule has 4 nitrogen and oxygen atoms in total. The molecule has 3 rings (SSSR count).